The van der Waals surface area contributed by atoms with Gasteiger partial charge in [-0.25, -0.2) is 4.79 Å². The summed E-state index contributed by atoms with van der Waals surface area (Å²) >= 11 is 14.0. The highest BCUT2D eigenvalue weighted by atomic mass is 35.5. The number of carboxylic acid groups (broad SMARTS) is 1. The van der Waals surface area contributed by atoms with Gasteiger partial charge in [-0.05, 0) is 48.9 Å². The third kappa shape index (κ3) is 7.74. The standard InChI is InChI=1S/C26H27Cl2N3O5S/c1-37-20-9-7-16(22(27)23(20)28)8-10-21(32)31-13-11-18(12-14-31)25(34)30-19(26(35)36)15-29-24(33)17-5-3-2-4-6-17/h2-10,18-19H,11-15H2,1H3,(H,29,33)(H,30,34)(H,35,36). The van der Waals surface area contributed by atoms with Crippen LogP contribution in [-0.4, -0.2) is 65.6 Å². The minimum atomic E-state index is -1.27. The molecule has 1 unspecified atom stereocenters. The minimum absolute atomic E-state index is 0.216. The number of halogens is 2. The molecule has 8 nitrogen and oxygen atoms in total. The molecule has 3 rings (SSSR count). The van der Waals surface area contributed by atoms with E-state index in [1.807, 2.05) is 12.3 Å². The van der Waals surface area contributed by atoms with E-state index in [1.165, 1.54) is 17.8 Å². The summed E-state index contributed by atoms with van der Waals surface area (Å²) in [6.07, 6.45) is 5.71. The second kappa shape index (κ2) is 13.5. The average Bonchev–Trinajstić information content (AvgIpc) is 2.91. The Kier molecular flexibility index (Phi) is 10.4. The molecular formula is C26H27Cl2N3O5S. The van der Waals surface area contributed by atoms with Crippen LogP contribution in [0.5, 0.6) is 0 Å². The highest BCUT2D eigenvalue weighted by molar-refractivity contribution is 7.98. The second-order valence-corrected chi connectivity index (χ2v) is 10.00. The summed E-state index contributed by atoms with van der Waals surface area (Å²) in [5.41, 5.74) is 1.03. The van der Waals surface area contributed by atoms with Crippen molar-refractivity contribution in [3.8, 4) is 0 Å². The van der Waals surface area contributed by atoms with Crippen LogP contribution in [0.1, 0.15) is 28.8 Å². The quantitative estimate of drug-likeness (QED) is 0.314. The lowest BCUT2D eigenvalue weighted by Crippen LogP contribution is -2.51. The molecule has 1 aliphatic heterocycles. The van der Waals surface area contributed by atoms with Crippen LogP contribution in [0.15, 0.2) is 53.4 Å². The molecule has 1 saturated heterocycles. The van der Waals surface area contributed by atoms with Crippen molar-refractivity contribution in [1.29, 1.82) is 0 Å². The van der Waals surface area contributed by atoms with E-state index in [4.69, 9.17) is 23.2 Å². The number of carboxylic acids is 1. The first-order valence-corrected chi connectivity index (χ1v) is 13.5. The summed E-state index contributed by atoms with van der Waals surface area (Å²) in [6, 6.07) is 10.8. The van der Waals surface area contributed by atoms with E-state index in [2.05, 4.69) is 10.6 Å². The number of piperidine rings is 1. The van der Waals surface area contributed by atoms with E-state index in [1.54, 1.807) is 47.4 Å². The predicted octanol–water partition coefficient (Wildman–Crippen LogP) is 3.97. The molecular weight excluding hydrogens is 537 g/mol. The molecule has 1 aliphatic rings. The summed E-state index contributed by atoms with van der Waals surface area (Å²) < 4.78 is 0. The zero-order chi connectivity index (χ0) is 26.9. The molecule has 2 aromatic rings. The number of carbonyl (C=O) groups is 4. The van der Waals surface area contributed by atoms with Crippen LogP contribution in [0.2, 0.25) is 10.0 Å². The monoisotopic (exact) mass is 563 g/mol. The van der Waals surface area contributed by atoms with Crippen LogP contribution in [0, 0.1) is 5.92 Å². The van der Waals surface area contributed by atoms with E-state index in [0.717, 1.165) is 4.90 Å². The number of likely N-dealkylation sites (tertiary alicyclic amines) is 1. The third-order valence-electron chi connectivity index (χ3n) is 6.00. The van der Waals surface area contributed by atoms with E-state index >= 15 is 0 Å². The molecule has 1 heterocycles. The fourth-order valence-corrected chi connectivity index (χ4v) is 5.01. The fraction of sp³-hybridized carbons (Fsp3) is 0.308. The number of nitrogens with zero attached hydrogens (tertiary/aromatic N) is 1. The van der Waals surface area contributed by atoms with Gasteiger partial charge in [0.15, 0.2) is 0 Å². The summed E-state index contributed by atoms with van der Waals surface area (Å²) in [5, 5.41) is 15.4. The first-order valence-electron chi connectivity index (χ1n) is 11.6. The molecule has 3 amide bonds. The van der Waals surface area contributed by atoms with Gasteiger partial charge in [-0.3, -0.25) is 14.4 Å². The van der Waals surface area contributed by atoms with Gasteiger partial charge >= 0.3 is 5.97 Å². The van der Waals surface area contributed by atoms with Crippen LogP contribution in [0.4, 0.5) is 0 Å². The van der Waals surface area contributed by atoms with Crippen LogP contribution in [0.3, 0.4) is 0 Å². The Morgan fingerprint density at radius 2 is 1.76 bits per heavy atom. The van der Waals surface area contributed by atoms with Crippen molar-refractivity contribution < 1.29 is 24.3 Å². The van der Waals surface area contributed by atoms with E-state index < -0.39 is 29.7 Å². The van der Waals surface area contributed by atoms with Crippen LogP contribution >= 0.6 is 35.0 Å². The summed E-state index contributed by atoms with van der Waals surface area (Å²) in [4.78, 5) is 51.6. The smallest absolute Gasteiger partial charge is 0.328 e. The summed E-state index contributed by atoms with van der Waals surface area (Å²) in [6.45, 7) is 0.453. The molecule has 1 atom stereocenters. The Hall–Kier alpha value is -3.01. The molecule has 0 aliphatic carbocycles. The summed E-state index contributed by atoms with van der Waals surface area (Å²) in [5.74, 6) is -2.74. The Morgan fingerprint density at radius 3 is 2.38 bits per heavy atom. The maximum atomic E-state index is 12.7. The normalized spacial score (nSPS) is 14.8. The van der Waals surface area contributed by atoms with Gasteiger partial charge in [0.2, 0.25) is 11.8 Å². The molecule has 1 fully saturated rings. The molecule has 11 heteroatoms. The number of nitrogens with one attached hydrogen (secondary N) is 2. The van der Waals surface area contributed by atoms with Crippen molar-refractivity contribution in [2.45, 2.75) is 23.8 Å². The fourth-order valence-electron chi connectivity index (χ4n) is 3.84. The van der Waals surface area contributed by atoms with Gasteiger partial charge in [0.05, 0.1) is 10.0 Å². The van der Waals surface area contributed by atoms with E-state index in [0.29, 0.717) is 47.1 Å². The Morgan fingerprint density at radius 1 is 1.08 bits per heavy atom. The molecule has 0 spiro atoms. The van der Waals surface area contributed by atoms with Crippen molar-refractivity contribution in [1.82, 2.24) is 15.5 Å². The van der Waals surface area contributed by atoms with Crippen molar-refractivity contribution in [2.75, 3.05) is 25.9 Å². The van der Waals surface area contributed by atoms with Gasteiger partial charge in [-0.1, -0.05) is 47.5 Å². The van der Waals surface area contributed by atoms with Gasteiger partial charge in [0.1, 0.15) is 6.04 Å². The lowest BCUT2D eigenvalue weighted by Gasteiger charge is -2.31. The lowest BCUT2D eigenvalue weighted by atomic mass is 9.95. The van der Waals surface area contributed by atoms with E-state index in [-0.39, 0.29) is 12.5 Å². The average molecular weight is 564 g/mol. The van der Waals surface area contributed by atoms with Crippen molar-refractivity contribution >= 4 is 64.7 Å². The Labute approximate surface area is 229 Å². The van der Waals surface area contributed by atoms with Gasteiger partial charge in [-0.15, -0.1) is 11.8 Å². The number of hydrogen-bond donors (Lipinski definition) is 3. The lowest BCUT2D eigenvalue weighted by molar-refractivity contribution is -0.142. The molecule has 0 radical (unpaired) electrons. The largest absolute Gasteiger partial charge is 0.480 e. The number of aliphatic carboxylic acids is 1. The molecule has 2 aromatic carbocycles. The second-order valence-electron chi connectivity index (χ2n) is 8.39. The third-order valence-corrected chi connectivity index (χ3v) is 7.79. The molecule has 37 heavy (non-hydrogen) atoms. The SMILES string of the molecule is CSc1ccc(C=CC(=O)N2CCC(C(=O)NC(CNC(=O)c3ccccc3)C(=O)O)CC2)c(Cl)c1Cl. The number of hydrogen-bond acceptors (Lipinski definition) is 5. The van der Waals surface area contributed by atoms with Crippen LogP contribution < -0.4 is 10.6 Å². The van der Waals surface area contributed by atoms with Gasteiger partial charge in [0.25, 0.3) is 5.91 Å². The maximum Gasteiger partial charge on any atom is 0.328 e. The number of thioether (sulfide) groups is 1. The number of benzene rings is 2. The van der Waals surface area contributed by atoms with E-state index in [9.17, 15) is 24.3 Å². The van der Waals surface area contributed by atoms with Crippen molar-refractivity contribution in [3.63, 3.8) is 0 Å². The molecule has 3 N–H and O–H groups in total. The zero-order valence-electron chi connectivity index (χ0n) is 20.1. The number of rotatable bonds is 9. The Balaban J connectivity index is 1.50. The Bertz CT molecular complexity index is 1180. The topological polar surface area (TPSA) is 116 Å². The first-order chi connectivity index (χ1) is 17.7. The number of carbonyl (C=O) groups excluding carboxylic acids is 3. The number of amides is 3. The first kappa shape index (κ1) is 28.6. The molecule has 0 bridgehead atoms. The van der Waals surface area contributed by atoms with Gasteiger partial charge in [0, 0.05) is 42.1 Å². The molecule has 0 aromatic heterocycles. The summed E-state index contributed by atoms with van der Waals surface area (Å²) in [7, 11) is 0. The van der Waals surface area contributed by atoms with Crippen LogP contribution in [-0.2, 0) is 14.4 Å². The maximum absolute atomic E-state index is 12.7. The highest BCUT2D eigenvalue weighted by Gasteiger charge is 2.30. The minimum Gasteiger partial charge on any atom is -0.480 e. The molecule has 0 saturated carbocycles. The van der Waals surface area contributed by atoms with Gasteiger partial charge < -0.3 is 20.6 Å². The molecule has 196 valence electrons. The van der Waals surface area contributed by atoms with Gasteiger partial charge in [-0.2, -0.15) is 0 Å². The highest BCUT2D eigenvalue weighted by Crippen LogP contribution is 2.35. The van der Waals surface area contributed by atoms with Crippen molar-refractivity contribution in [2.24, 2.45) is 5.92 Å². The van der Waals surface area contributed by atoms with Crippen LogP contribution in [0.25, 0.3) is 6.08 Å². The van der Waals surface area contributed by atoms with Crippen molar-refractivity contribution in [3.05, 3.63) is 69.7 Å². The predicted molar refractivity (Wildman–Crippen MR) is 145 cm³/mol. The zero-order valence-corrected chi connectivity index (χ0v) is 22.4.